The van der Waals surface area contributed by atoms with E-state index in [0.29, 0.717) is 16.3 Å². The largest absolute Gasteiger partial charge is 0.282 e. The first-order valence-electron chi connectivity index (χ1n) is 6.47. The predicted molar refractivity (Wildman–Crippen MR) is 90.5 cm³/mol. The number of halogens is 1. The van der Waals surface area contributed by atoms with Gasteiger partial charge in [-0.3, -0.25) is 4.72 Å². The van der Waals surface area contributed by atoms with Gasteiger partial charge in [-0.1, -0.05) is 42.8 Å². The first-order valence-corrected chi connectivity index (χ1v) is 9.48. The number of thioether (sulfide) groups is 1. The van der Waals surface area contributed by atoms with Crippen LogP contribution in [0.4, 0.5) is 5.69 Å². The second kappa shape index (κ2) is 7.20. The van der Waals surface area contributed by atoms with Crippen LogP contribution in [0.3, 0.4) is 0 Å². The van der Waals surface area contributed by atoms with Gasteiger partial charge >= 0.3 is 0 Å². The quantitative estimate of drug-likeness (QED) is 0.792. The van der Waals surface area contributed by atoms with Crippen molar-refractivity contribution in [3.05, 3.63) is 59.1 Å². The third-order valence-electron chi connectivity index (χ3n) is 2.70. The number of sulfonamides is 1. The number of rotatable bonds is 6. The number of anilines is 1. The predicted octanol–water partition coefficient (Wildman–Crippen LogP) is 4.39. The normalized spacial score (nSPS) is 11.3. The molecule has 0 aliphatic rings. The van der Waals surface area contributed by atoms with Crippen molar-refractivity contribution in [1.29, 1.82) is 0 Å². The van der Waals surface area contributed by atoms with E-state index in [0.717, 1.165) is 10.6 Å². The van der Waals surface area contributed by atoms with Gasteiger partial charge in [-0.25, -0.2) is 8.42 Å². The van der Waals surface area contributed by atoms with Crippen molar-refractivity contribution in [3.8, 4) is 0 Å². The van der Waals surface area contributed by atoms with Gasteiger partial charge in [-0.05, 0) is 35.6 Å². The molecule has 0 saturated carbocycles. The van der Waals surface area contributed by atoms with Gasteiger partial charge in [0.25, 0.3) is 0 Å². The van der Waals surface area contributed by atoms with Crippen molar-refractivity contribution in [2.24, 2.45) is 0 Å². The number of nitrogens with one attached hydrogen (secondary N) is 1. The Morgan fingerprint density at radius 3 is 2.62 bits per heavy atom. The number of hydrogen-bond donors (Lipinski definition) is 1. The van der Waals surface area contributed by atoms with Crippen molar-refractivity contribution in [2.75, 3.05) is 10.5 Å². The molecule has 0 aliphatic carbocycles. The molecule has 0 radical (unpaired) electrons. The van der Waals surface area contributed by atoms with E-state index >= 15 is 0 Å². The van der Waals surface area contributed by atoms with Crippen LogP contribution in [0.15, 0.2) is 53.4 Å². The van der Waals surface area contributed by atoms with E-state index in [1.807, 2.05) is 25.1 Å². The Morgan fingerprint density at radius 1 is 1.14 bits per heavy atom. The Kier molecular flexibility index (Phi) is 5.56. The summed E-state index contributed by atoms with van der Waals surface area (Å²) in [6, 6.07) is 14.3. The topological polar surface area (TPSA) is 46.2 Å². The maximum absolute atomic E-state index is 12.3. The van der Waals surface area contributed by atoms with E-state index in [2.05, 4.69) is 4.72 Å². The molecular formula is C15H16ClNO2S2. The van der Waals surface area contributed by atoms with Crippen LogP contribution in [0.2, 0.25) is 5.02 Å². The second-order valence-corrected chi connectivity index (χ2v) is 7.88. The molecular weight excluding hydrogens is 326 g/mol. The molecule has 0 fully saturated rings. The molecule has 1 N–H and O–H groups in total. The van der Waals surface area contributed by atoms with Gasteiger partial charge in [0, 0.05) is 9.92 Å². The van der Waals surface area contributed by atoms with Gasteiger partial charge in [0.1, 0.15) is 0 Å². The third-order valence-corrected chi connectivity index (χ3v) is 5.13. The first kappa shape index (κ1) is 16.2. The van der Waals surface area contributed by atoms with Crippen LogP contribution in [0.25, 0.3) is 0 Å². The summed E-state index contributed by atoms with van der Waals surface area (Å²) in [5.41, 5.74) is 1.28. The average molecular weight is 342 g/mol. The Bertz CT molecular complexity index is 717. The zero-order chi connectivity index (χ0) is 15.3. The molecule has 0 unspecified atom stereocenters. The Morgan fingerprint density at radius 2 is 1.90 bits per heavy atom. The van der Waals surface area contributed by atoms with Crippen LogP contribution < -0.4 is 4.72 Å². The summed E-state index contributed by atoms with van der Waals surface area (Å²) in [6.07, 6.45) is 0. The molecule has 0 amide bonds. The minimum Gasteiger partial charge on any atom is -0.282 e. The highest BCUT2D eigenvalue weighted by atomic mass is 35.5. The lowest BCUT2D eigenvalue weighted by atomic mass is 10.2. The van der Waals surface area contributed by atoms with E-state index < -0.39 is 10.0 Å². The van der Waals surface area contributed by atoms with Gasteiger partial charge in [0.05, 0.1) is 11.4 Å². The number of hydrogen-bond acceptors (Lipinski definition) is 3. The molecule has 0 atom stereocenters. The summed E-state index contributed by atoms with van der Waals surface area (Å²) in [4.78, 5) is 0.926. The highest BCUT2D eigenvalue weighted by Crippen LogP contribution is 2.28. The molecule has 0 aliphatic heterocycles. The summed E-state index contributed by atoms with van der Waals surface area (Å²) in [5, 5.41) is 0.532. The summed E-state index contributed by atoms with van der Waals surface area (Å²) in [6.45, 7) is 2.03. The van der Waals surface area contributed by atoms with E-state index in [1.54, 1.807) is 42.1 Å². The third kappa shape index (κ3) is 4.95. The average Bonchev–Trinajstić information content (AvgIpc) is 2.40. The van der Waals surface area contributed by atoms with Crippen LogP contribution in [0.1, 0.15) is 12.5 Å². The summed E-state index contributed by atoms with van der Waals surface area (Å²) in [7, 11) is -3.47. The van der Waals surface area contributed by atoms with E-state index in [4.69, 9.17) is 11.6 Å². The molecule has 2 rings (SSSR count). The zero-order valence-electron chi connectivity index (χ0n) is 11.5. The van der Waals surface area contributed by atoms with Crippen LogP contribution in [0.5, 0.6) is 0 Å². The lowest BCUT2D eigenvalue weighted by Crippen LogP contribution is -2.15. The molecule has 0 aromatic heterocycles. The second-order valence-electron chi connectivity index (χ2n) is 4.42. The van der Waals surface area contributed by atoms with Crippen molar-refractivity contribution >= 4 is 39.1 Å². The molecule has 6 heteroatoms. The fourth-order valence-corrected chi connectivity index (χ4v) is 4.12. The molecule has 3 nitrogen and oxygen atoms in total. The molecule has 2 aromatic rings. The fourth-order valence-electron chi connectivity index (χ4n) is 1.88. The first-order chi connectivity index (χ1) is 10.00. The summed E-state index contributed by atoms with van der Waals surface area (Å²) < 4.78 is 27.2. The van der Waals surface area contributed by atoms with Crippen LogP contribution in [-0.4, -0.2) is 14.2 Å². The molecule has 112 valence electrons. The minimum absolute atomic E-state index is 0.0985. The fraction of sp³-hybridized carbons (Fsp3) is 0.200. The van der Waals surface area contributed by atoms with Crippen molar-refractivity contribution in [3.63, 3.8) is 0 Å². The SMILES string of the molecule is CCSc1ccccc1NS(=O)(=O)Cc1cccc(Cl)c1. The van der Waals surface area contributed by atoms with Crippen LogP contribution >= 0.6 is 23.4 Å². The van der Waals surface area contributed by atoms with Crippen LogP contribution in [0, 0.1) is 0 Å². The molecule has 0 heterocycles. The molecule has 0 spiro atoms. The highest BCUT2D eigenvalue weighted by molar-refractivity contribution is 7.99. The molecule has 2 aromatic carbocycles. The highest BCUT2D eigenvalue weighted by Gasteiger charge is 2.14. The summed E-state index contributed by atoms with van der Waals surface area (Å²) in [5.74, 6) is 0.783. The van der Waals surface area contributed by atoms with Gasteiger partial charge in [0.2, 0.25) is 10.0 Å². The van der Waals surface area contributed by atoms with E-state index in [9.17, 15) is 8.42 Å². The van der Waals surface area contributed by atoms with E-state index in [1.165, 1.54) is 0 Å². The smallest absolute Gasteiger partial charge is 0.236 e. The van der Waals surface area contributed by atoms with Crippen molar-refractivity contribution < 1.29 is 8.42 Å². The molecule has 0 saturated heterocycles. The van der Waals surface area contributed by atoms with Gasteiger partial charge in [-0.15, -0.1) is 11.8 Å². The maximum Gasteiger partial charge on any atom is 0.236 e. The molecule has 0 bridgehead atoms. The zero-order valence-corrected chi connectivity index (χ0v) is 13.9. The number of benzene rings is 2. The maximum atomic E-state index is 12.3. The molecule has 21 heavy (non-hydrogen) atoms. The monoisotopic (exact) mass is 341 g/mol. The Labute approximate surface area is 134 Å². The van der Waals surface area contributed by atoms with Gasteiger partial charge in [-0.2, -0.15) is 0 Å². The van der Waals surface area contributed by atoms with Crippen molar-refractivity contribution in [1.82, 2.24) is 0 Å². The van der Waals surface area contributed by atoms with Gasteiger partial charge in [0.15, 0.2) is 0 Å². The Balaban J connectivity index is 2.18. The van der Waals surface area contributed by atoms with Crippen molar-refractivity contribution in [2.45, 2.75) is 17.6 Å². The minimum atomic E-state index is -3.47. The lowest BCUT2D eigenvalue weighted by Gasteiger charge is -2.12. The van der Waals surface area contributed by atoms with Crippen LogP contribution in [-0.2, 0) is 15.8 Å². The summed E-state index contributed by atoms with van der Waals surface area (Å²) >= 11 is 7.49. The van der Waals surface area contributed by atoms with E-state index in [-0.39, 0.29) is 5.75 Å². The Hall–Kier alpha value is -1.17. The number of para-hydroxylation sites is 1. The van der Waals surface area contributed by atoms with Gasteiger partial charge < -0.3 is 0 Å². The standard InChI is InChI=1S/C15H16ClNO2S2/c1-2-20-15-9-4-3-8-14(15)17-21(18,19)11-12-6-5-7-13(16)10-12/h3-10,17H,2,11H2,1H3. The lowest BCUT2D eigenvalue weighted by molar-refractivity contribution is 0.600.